The van der Waals surface area contributed by atoms with Crippen LogP contribution in [0.5, 0.6) is 0 Å². The zero-order valence-electron chi connectivity index (χ0n) is 16.2. The number of rotatable bonds is 4. The summed E-state index contributed by atoms with van der Waals surface area (Å²) in [6.45, 7) is 1.80. The Hall–Kier alpha value is -2.72. The molecule has 0 aliphatic carbocycles. The Kier molecular flexibility index (Phi) is 5.05. The van der Waals surface area contributed by atoms with Crippen LogP contribution in [0.2, 0.25) is 0 Å². The molecule has 31 heavy (non-hydrogen) atoms. The van der Waals surface area contributed by atoms with Crippen LogP contribution in [0.25, 0.3) is 20.9 Å². The molecule has 1 aromatic carbocycles. The molecule has 0 saturated carbocycles. The third kappa shape index (κ3) is 3.85. The minimum Gasteiger partial charge on any atom is -0.348 e. The molecule has 0 atom stereocenters. The molecule has 4 aromatic rings. The van der Waals surface area contributed by atoms with E-state index in [9.17, 15) is 18.0 Å². The van der Waals surface area contributed by atoms with Gasteiger partial charge in [0, 0.05) is 13.1 Å². The maximum absolute atomic E-state index is 13.1. The number of aromatic nitrogens is 3. The first-order chi connectivity index (χ1) is 14.9. The van der Waals surface area contributed by atoms with E-state index in [2.05, 4.69) is 9.88 Å². The molecule has 4 heterocycles. The van der Waals surface area contributed by atoms with Crippen LogP contribution < -0.4 is 10.6 Å². The van der Waals surface area contributed by atoms with E-state index in [-0.39, 0.29) is 6.54 Å². The first-order valence-electron chi connectivity index (χ1n) is 9.76. The van der Waals surface area contributed by atoms with Crippen molar-refractivity contribution in [3.63, 3.8) is 0 Å². The van der Waals surface area contributed by atoms with Crippen LogP contribution in [0.4, 0.5) is 18.3 Å². The van der Waals surface area contributed by atoms with Crippen molar-refractivity contribution in [2.45, 2.75) is 25.6 Å². The number of benzene rings is 1. The number of thiazole rings is 1. The molecule has 10 heteroatoms. The maximum atomic E-state index is 13.1. The summed E-state index contributed by atoms with van der Waals surface area (Å²) in [6, 6.07) is 8.82. The van der Waals surface area contributed by atoms with Crippen LogP contribution >= 0.6 is 22.7 Å². The summed E-state index contributed by atoms with van der Waals surface area (Å²) in [7, 11) is 0. The minimum atomic E-state index is -4.44. The molecule has 0 unspecified atom stereocenters. The van der Waals surface area contributed by atoms with Crippen LogP contribution in [0.1, 0.15) is 24.0 Å². The van der Waals surface area contributed by atoms with Crippen LogP contribution in [-0.4, -0.2) is 27.6 Å². The Morgan fingerprint density at radius 2 is 1.87 bits per heavy atom. The minimum absolute atomic E-state index is 0.00138. The molecule has 1 saturated heterocycles. The molecule has 0 bridgehead atoms. The lowest BCUT2D eigenvalue weighted by molar-refractivity contribution is -0.137. The number of fused-ring (bicyclic) bond motifs is 1. The maximum Gasteiger partial charge on any atom is 0.416 e. The second kappa shape index (κ2) is 7.76. The van der Waals surface area contributed by atoms with E-state index >= 15 is 0 Å². The van der Waals surface area contributed by atoms with Crippen LogP contribution in [0.15, 0.2) is 46.6 Å². The molecule has 0 radical (unpaired) electrons. The Bertz CT molecular complexity index is 1290. The van der Waals surface area contributed by atoms with Gasteiger partial charge in [-0.25, -0.2) is 9.78 Å². The highest BCUT2D eigenvalue weighted by Gasteiger charge is 2.30. The number of hydrogen-bond acceptors (Lipinski definition) is 6. The molecule has 1 fully saturated rings. The van der Waals surface area contributed by atoms with Crippen molar-refractivity contribution in [1.29, 1.82) is 0 Å². The third-order valence-electron chi connectivity index (χ3n) is 5.23. The van der Waals surface area contributed by atoms with Crippen molar-refractivity contribution < 1.29 is 13.2 Å². The van der Waals surface area contributed by atoms with E-state index in [0.717, 1.165) is 48.1 Å². The number of nitrogens with zero attached hydrogens (tertiary/aromatic N) is 4. The van der Waals surface area contributed by atoms with Crippen molar-refractivity contribution >= 4 is 38.2 Å². The van der Waals surface area contributed by atoms with Crippen LogP contribution in [0, 0.1) is 0 Å². The lowest BCUT2D eigenvalue weighted by Gasteiger charge is -2.12. The van der Waals surface area contributed by atoms with Gasteiger partial charge in [-0.3, -0.25) is 4.57 Å². The number of anilines is 1. The second-order valence-electron chi connectivity index (χ2n) is 7.35. The van der Waals surface area contributed by atoms with Gasteiger partial charge in [0.15, 0.2) is 5.13 Å². The molecular weight excluding hydrogens is 445 g/mol. The number of alkyl halides is 3. The number of hydrogen-bond donors (Lipinski definition) is 0. The highest BCUT2D eigenvalue weighted by atomic mass is 32.1. The fourth-order valence-corrected chi connectivity index (χ4v) is 5.56. The normalized spacial score (nSPS) is 14.6. The fraction of sp³-hybridized carbons (Fsp3) is 0.286. The SMILES string of the molecule is O=c1nc(-c2cccs2)c2nc(N3CCCC3)sc2n1Cc1cccc(C(F)(F)F)c1. The standard InChI is InChI=1S/C21H17F3N4OS2/c22-21(23,24)14-6-3-5-13(11-14)12-28-18-17(26-20(31-18)27-8-1-2-9-27)16(25-19(28)29)15-7-4-10-30-15/h3-7,10-11H,1-2,8-9,12H2. The van der Waals surface area contributed by atoms with Gasteiger partial charge in [-0.2, -0.15) is 18.2 Å². The molecule has 0 spiro atoms. The molecule has 5 rings (SSSR count). The molecule has 0 amide bonds. The molecule has 1 aliphatic heterocycles. The quantitative estimate of drug-likeness (QED) is 0.416. The summed E-state index contributed by atoms with van der Waals surface area (Å²) in [5, 5.41) is 2.72. The zero-order chi connectivity index (χ0) is 21.6. The van der Waals surface area contributed by atoms with Gasteiger partial charge in [-0.15, -0.1) is 11.3 Å². The number of halogens is 3. The summed E-state index contributed by atoms with van der Waals surface area (Å²) >= 11 is 2.87. The monoisotopic (exact) mass is 462 g/mol. The predicted molar refractivity (Wildman–Crippen MR) is 117 cm³/mol. The lowest BCUT2D eigenvalue weighted by Crippen LogP contribution is -2.24. The summed E-state index contributed by atoms with van der Waals surface area (Å²) in [5.74, 6) is 0. The van der Waals surface area contributed by atoms with Crippen molar-refractivity contribution in [3.05, 3.63) is 63.4 Å². The molecule has 0 N–H and O–H groups in total. The zero-order valence-corrected chi connectivity index (χ0v) is 17.9. The molecule has 1 aliphatic rings. The molecular formula is C21H17F3N4OS2. The summed E-state index contributed by atoms with van der Waals surface area (Å²) in [6.07, 6.45) is -2.27. The fourth-order valence-electron chi connectivity index (χ4n) is 3.73. The van der Waals surface area contributed by atoms with Gasteiger partial charge in [-0.05, 0) is 42.0 Å². The molecule has 5 nitrogen and oxygen atoms in total. The molecule has 160 valence electrons. The summed E-state index contributed by atoms with van der Waals surface area (Å²) in [5.41, 5.74) is 0.294. The van der Waals surface area contributed by atoms with E-state index in [1.807, 2.05) is 17.5 Å². The summed E-state index contributed by atoms with van der Waals surface area (Å²) < 4.78 is 40.8. The van der Waals surface area contributed by atoms with E-state index in [4.69, 9.17) is 4.98 Å². The van der Waals surface area contributed by atoms with Crippen molar-refractivity contribution in [3.8, 4) is 10.6 Å². The van der Waals surface area contributed by atoms with Crippen molar-refractivity contribution in [2.75, 3.05) is 18.0 Å². The third-order valence-corrected chi connectivity index (χ3v) is 7.25. The second-order valence-corrected chi connectivity index (χ2v) is 9.25. The lowest BCUT2D eigenvalue weighted by atomic mass is 10.1. The molecule has 3 aromatic heterocycles. The first-order valence-corrected chi connectivity index (χ1v) is 11.5. The Morgan fingerprint density at radius 3 is 2.58 bits per heavy atom. The highest BCUT2D eigenvalue weighted by Crippen LogP contribution is 2.36. The van der Waals surface area contributed by atoms with Crippen LogP contribution in [0.3, 0.4) is 0 Å². The Balaban J connectivity index is 1.65. The highest BCUT2D eigenvalue weighted by molar-refractivity contribution is 7.22. The first kappa shape index (κ1) is 20.2. The van der Waals surface area contributed by atoms with E-state index < -0.39 is 17.4 Å². The van der Waals surface area contributed by atoms with E-state index in [1.165, 1.54) is 33.3 Å². The Morgan fingerprint density at radius 1 is 1.06 bits per heavy atom. The van der Waals surface area contributed by atoms with Crippen LogP contribution in [-0.2, 0) is 12.7 Å². The van der Waals surface area contributed by atoms with Gasteiger partial charge in [-0.1, -0.05) is 29.5 Å². The van der Waals surface area contributed by atoms with Crippen molar-refractivity contribution in [1.82, 2.24) is 14.5 Å². The van der Waals surface area contributed by atoms with Gasteiger partial charge in [0.2, 0.25) is 0 Å². The summed E-state index contributed by atoms with van der Waals surface area (Å²) in [4.78, 5) is 25.7. The van der Waals surface area contributed by atoms with Gasteiger partial charge < -0.3 is 4.90 Å². The average molecular weight is 463 g/mol. The van der Waals surface area contributed by atoms with Crippen molar-refractivity contribution in [2.24, 2.45) is 0 Å². The topological polar surface area (TPSA) is 51.0 Å². The smallest absolute Gasteiger partial charge is 0.348 e. The van der Waals surface area contributed by atoms with Gasteiger partial charge in [0.25, 0.3) is 0 Å². The Labute approximate surface area is 183 Å². The van der Waals surface area contributed by atoms with Gasteiger partial charge >= 0.3 is 11.9 Å². The largest absolute Gasteiger partial charge is 0.416 e. The van der Waals surface area contributed by atoms with E-state index in [1.54, 1.807) is 6.07 Å². The van der Waals surface area contributed by atoms with Gasteiger partial charge in [0.1, 0.15) is 16.0 Å². The average Bonchev–Trinajstić information content (AvgIpc) is 3.50. The number of thiophene rings is 1. The van der Waals surface area contributed by atoms with Gasteiger partial charge in [0.05, 0.1) is 17.0 Å². The predicted octanol–water partition coefficient (Wildman–Crippen LogP) is 5.25. The van der Waals surface area contributed by atoms with E-state index in [0.29, 0.717) is 21.6 Å².